The summed E-state index contributed by atoms with van der Waals surface area (Å²) in [6, 6.07) is 12.1. The summed E-state index contributed by atoms with van der Waals surface area (Å²) in [5.41, 5.74) is 3.81. The summed E-state index contributed by atoms with van der Waals surface area (Å²) in [5, 5.41) is 8.52. The molecule has 178 valence electrons. The van der Waals surface area contributed by atoms with Crippen molar-refractivity contribution in [2.24, 2.45) is 10.9 Å². The van der Waals surface area contributed by atoms with Crippen LogP contribution in [0.5, 0.6) is 0 Å². The number of unbranched alkanes of at least 4 members (excludes halogenated alkanes) is 1. The maximum absolute atomic E-state index is 14.2. The van der Waals surface area contributed by atoms with Crippen molar-refractivity contribution in [2.75, 3.05) is 41.6 Å². The molecule has 4 rings (SSSR count). The molecule has 1 fully saturated rings. The minimum Gasteiger partial charge on any atom is -0.378 e. The normalized spacial score (nSPS) is 13.9. The average molecular weight is 465 g/mol. The Balaban J connectivity index is 1.38. The van der Waals surface area contributed by atoms with Crippen LogP contribution < -0.4 is 21.2 Å². The van der Waals surface area contributed by atoms with Crippen molar-refractivity contribution < 1.29 is 9.13 Å². The van der Waals surface area contributed by atoms with E-state index in [1.165, 1.54) is 24.6 Å². The molecule has 3 N–H and O–H groups in total. The second-order valence-electron chi connectivity index (χ2n) is 7.93. The first-order valence-electron chi connectivity index (χ1n) is 11.4. The molecule has 0 bridgehead atoms. The van der Waals surface area contributed by atoms with E-state index in [1.54, 1.807) is 11.1 Å². The second kappa shape index (κ2) is 11.5. The van der Waals surface area contributed by atoms with Gasteiger partial charge in [0.1, 0.15) is 0 Å². The number of hydrazine groups is 1. The van der Waals surface area contributed by atoms with Crippen LogP contribution in [0, 0.1) is 5.82 Å². The molecule has 0 aliphatic carbocycles. The average Bonchev–Trinajstić information content (AvgIpc) is 2.88. The summed E-state index contributed by atoms with van der Waals surface area (Å²) in [6.45, 7) is 4.33. The van der Waals surface area contributed by atoms with E-state index in [2.05, 4.69) is 50.5 Å². The van der Waals surface area contributed by atoms with E-state index in [4.69, 9.17) is 10.6 Å². The van der Waals surface area contributed by atoms with Crippen LogP contribution in [-0.2, 0) is 11.2 Å². The molecule has 9 nitrogen and oxygen atoms in total. The number of pyridine rings is 1. The van der Waals surface area contributed by atoms with Gasteiger partial charge in [-0.1, -0.05) is 25.5 Å². The van der Waals surface area contributed by atoms with Crippen LogP contribution in [-0.4, -0.2) is 47.5 Å². The Bertz CT molecular complexity index is 1100. The monoisotopic (exact) mass is 464 g/mol. The van der Waals surface area contributed by atoms with E-state index in [1.807, 2.05) is 18.2 Å². The van der Waals surface area contributed by atoms with Crippen LogP contribution in [0.2, 0.25) is 0 Å². The lowest BCUT2D eigenvalue weighted by molar-refractivity contribution is 0.122. The van der Waals surface area contributed by atoms with E-state index < -0.39 is 5.82 Å². The quantitative estimate of drug-likeness (QED) is 0.281. The van der Waals surface area contributed by atoms with Gasteiger partial charge < -0.3 is 15.0 Å². The van der Waals surface area contributed by atoms with Gasteiger partial charge in [-0.05, 0) is 42.7 Å². The van der Waals surface area contributed by atoms with Crippen molar-refractivity contribution in [3.8, 4) is 0 Å². The van der Waals surface area contributed by atoms with Gasteiger partial charge in [0.15, 0.2) is 11.6 Å². The van der Waals surface area contributed by atoms with E-state index in [9.17, 15) is 4.39 Å². The lowest BCUT2D eigenvalue weighted by atomic mass is 10.1. The Labute approximate surface area is 198 Å². The number of halogens is 1. The minimum absolute atomic E-state index is 0.0837. The predicted molar refractivity (Wildman–Crippen MR) is 132 cm³/mol. The highest BCUT2D eigenvalue weighted by Gasteiger charge is 2.19. The zero-order valence-corrected chi connectivity index (χ0v) is 19.2. The molecule has 2 aromatic heterocycles. The molecule has 0 saturated carbocycles. The standard InChI is InChI=1S/C24H29FN8O/c1-2-3-5-18-6-4-7-19(14-18)30-21-9-8-20(27-15-21)16-29-33(26)24-28-17-22(25)23(31-24)32-10-12-34-13-11-32/h4,6-9,14-17,30H,2-3,5,10-13,26H2,1H3/b29-16+. The first-order chi connectivity index (χ1) is 16.6. The summed E-state index contributed by atoms with van der Waals surface area (Å²) in [7, 11) is 0. The first kappa shape index (κ1) is 23.5. The second-order valence-corrected chi connectivity index (χ2v) is 7.93. The minimum atomic E-state index is -0.510. The lowest BCUT2D eigenvalue weighted by Gasteiger charge is -2.28. The molecule has 0 amide bonds. The Morgan fingerprint density at radius 3 is 2.79 bits per heavy atom. The summed E-state index contributed by atoms with van der Waals surface area (Å²) < 4.78 is 19.5. The van der Waals surface area contributed by atoms with Crippen LogP contribution in [0.4, 0.5) is 27.5 Å². The van der Waals surface area contributed by atoms with E-state index in [-0.39, 0.29) is 11.8 Å². The third-order valence-electron chi connectivity index (χ3n) is 5.36. The molecule has 10 heteroatoms. The largest absolute Gasteiger partial charge is 0.378 e. The molecule has 1 aliphatic rings. The number of morpholine rings is 1. The van der Waals surface area contributed by atoms with Gasteiger partial charge >= 0.3 is 0 Å². The fraction of sp³-hybridized carbons (Fsp3) is 0.333. The van der Waals surface area contributed by atoms with Crippen molar-refractivity contribution in [3.05, 3.63) is 65.9 Å². The highest BCUT2D eigenvalue weighted by molar-refractivity contribution is 5.78. The topological polar surface area (TPSA) is 105 Å². The number of benzene rings is 1. The fourth-order valence-corrected chi connectivity index (χ4v) is 3.54. The van der Waals surface area contributed by atoms with Gasteiger partial charge in [-0.25, -0.2) is 15.2 Å². The van der Waals surface area contributed by atoms with E-state index >= 15 is 0 Å². The van der Waals surface area contributed by atoms with Crippen LogP contribution in [0.3, 0.4) is 0 Å². The predicted octanol–water partition coefficient (Wildman–Crippen LogP) is 3.65. The first-order valence-corrected chi connectivity index (χ1v) is 11.4. The summed E-state index contributed by atoms with van der Waals surface area (Å²) in [6.07, 6.45) is 7.74. The van der Waals surface area contributed by atoms with Gasteiger partial charge in [-0.15, -0.1) is 0 Å². The number of nitrogens with zero attached hydrogens (tertiary/aromatic N) is 6. The van der Waals surface area contributed by atoms with E-state index in [0.717, 1.165) is 29.1 Å². The molecule has 34 heavy (non-hydrogen) atoms. The van der Waals surface area contributed by atoms with E-state index in [0.29, 0.717) is 32.0 Å². The van der Waals surface area contributed by atoms with Gasteiger partial charge in [0.05, 0.1) is 43.2 Å². The number of hydrogen-bond donors (Lipinski definition) is 2. The molecule has 1 saturated heterocycles. The molecule has 0 spiro atoms. The van der Waals surface area contributed by atoms with Crippen LogP contribution in [0.25, 0.3) is 0 Å². The van der Waals surface area contributed by atoms with Crippen LogP contribution in [0.15, 0.2) is 53.9 Å². The van der Waals surface area contributed by atoms with Crippen molar-refractivity contribution in [1.82, 2.24) is 15.0 Å². The molecular formula is C24H29FN8O. The summed E-state index contributed by atoms with van der Waals surface area (Å²) in [5.74, 6) is 5.74. The number of hydrogen-bond acceptors (Lipinski definition) is 9. The molecule has 0 radical (unpaired) electrons. The maximum atomic E-state index is 14.2. The van der Waals surface area contributed by atoms with Crippen molar-refractivity contribution in [3.63, 3.8) is 0 Å². The number of ether oxygens (including phenoxy) is 1. The van der Waals surface area contributed by atoms with Gasteiger partial charge in [-0.3, -0.25) is 4.98 Å². The smallest absolute Gasteiger partial charge is 0.263 e. The number of rotatable bonds is 9. The number of nitrogens with one attached hydrogen (secondary N) is 1. The molecule has 3 aromatic rings. The molecule has 0 atom stereocenters. The number of hydrazone groups is 1. The van der Waals surface area contributed by atoms with Gasteiger partial charge in [0.2, 0.25) is 0 Å². The summed E-state index contributed by atoms with van der Waals surface area (Å²) >= 11 is 0. The SMILES string of the molecule is CCCCc1cccc(Nc2ccc(/C=N/N(N)c3ncc(F)c(N4CCOCC4)n3)nc2)c1. The van der Waals surface area contributed by atoms with Gasteiger partial charge in [-0.2, -0.15) is 15.2 Å². The number of aromatic nitrogens is 3. The molecule has 0 unspecified atom stereocenters. The third-order valence-corrected chi connectivity index (χ3v) is 5.36. The molecule has 1 aromatic carbocycles. The van der Waals surface area contributed by atoms with Crippen molar-refractivity contribution >= 4 is 29.4 Å². The van der Waals surface area contributed by atoms with Crippen molar-refractivity contribution in [1.29, 1.82) is 0 Å². The Morgan fingerprint density at radius 1 is 1.18 bits per heavy atom. The Morgan fingerprint density at radius 2 is 2.03 bits per heavy atom. The van der Waals surface area contributed by atoms with Gasteiger partial charge in [0, 0.05) is 18.8 Å². The molecular weight excluding hydrogens is 435 g/mol. The number of anilines is 4. The maximum Gasteiger partial charge on any atom is 0.263 e. The van der Waals surface area contributed by atoms with Crippen molar-refractivity contribution in [2.45, 2.75) is 26.2 Å². The number of nitrogens with two attached hydrogens (primary N) is 1. The summed E-state index contributed by atoms with van der Waals surface area (Å²) in [4.78, 5) is 14.4. The van der Waals surface area contributed by atoms with Crippen LogP contribution in [0.1, 0.15) is 31.0 Å². The number of aryl methyl sites for hydroxylation is 1. The molecule has 3 heterocycles. The zero-order valence-electron chi connectivity index (χ0n) is 19.2. The Kier molecular flexibility index (Phi) is 7.95. The fourth-order valence-electron chi connectivity index (χ4n) is 3.54. The lowest BCUT2D eigenvalue weighted by Crippen LogP contribution is -2.38. The highest BCUT2D eigenvalue weighted by Crippen LogP contribution is 2.20. The highest BCUT2D eigenvalue weighted by atomic mass is 19.1. The molecule has 1 aliphatic heterocycles. The third kappa shape index (κ3) is 6.24. The van der Waals surface area contributed by atoms with Gasteiger partial charge in [0.25, 0.3) is 5.95 Å². The van der Waals surface area contributed by atoms with Crippen LogP contribution >= 0.6 is 0 Å². The zero-order chi connectivity index (χ0) is 23.8. The Hall–Kier alpha value is -3.63.